The first kappa shape index (κ1) is 17.6. The number of sulfonamides is 1. The first-order chi connectivity index (χ1) is 11.9. The van der Waals surface area contributed by atoms with Crippen LogP contribution in [-0.2, 0) is 10.0 Å². The van der Waals surface area contributed by atoms with Crippen LogP contribution in [0.5, 0.6) is 0 Å². The molecule has 1 aliphatic rings. The molecule has 3 rings (SSSR count). The number of benzene rings is 1. The van der Waals surface area contributed by atoms with Crippen molar-refractivity contribution in [1.82, 2.24) is 14.4 Å². The second kappa shape index (κ2) is 6.97. The molecule has 0 aliphatic carbocycles. The summed E-state index contributed by atoms with van der Waals surface area (Å²) in [5.74, 6) is -0.0671. The molecule has 0 spiro atoms. The third-order valence-electron chi connectivity index (χ3n) is 4.24. The van der Waals surface area contributed by atoms with Gasteiger partial charge in [0.25, 0.3) is 5.91 Å². The summed E-state index contributed by atoms with van der Waals surface area (Å²) < 4.78 is 32.1. The number of carbonyl (C=O) groups is 1. The molecular formula is C17H21N3O4S. The van der Waals surface area contributed by atoms with E-state index in [2.05, 4.69) is 5.16 Å². The van der Waals surface area contributed by atoms with Gasteiger partial charge in [-0.15, -0.1) is 0 Å². The van der Waals surface area contributed by atoms with Gasteiger partial charge >= 0.3 is 0 Å². The summed E-state index contributed by atoms with van der Waals surface area (Å²) in [6, 6.07) is 8.40. The van der Waals surface area contributed by atoms with E-state index >= 15 is 0 Å². The standard InChI is InChI=1S/C17H21N3O4S/c1-13-4-6-15(7-5-13)25(22,23)20-9-3-8-19(10-11-20)17(21)16-12-14(2)18-24-16/h4-7,12H,3,8-11H2,1-2H3. The third-order valence-corrected chi connectivity index (χ3v) is 6.15. The van der Waals surface area contributed by atoms with Crippen LogP contribution >= 0.6 is 0 Å². The van der Waals surface area contributed by atoms with E-state index in [1.54, 1.807) is 42.2 Å². The quantitative estimate of drug-likeness (QED) is 0.831. The minimum absolute atomic E-state index is 0.187. The predicted octanol–water partition coefficient (Wildman–Crippen LogP) is 1.83. The van der Waals surface area contributed by atoms with Gasteiger partial charge < -0.3 is 9.42 Å². The van der Waals surface area contributed by atoms with Crippen molar-refractivity contribution in [2.24, 2.45) is 0 Å². The number of nitrogens with zero attached hydrogens (tertiary/aromatic N) is 3. The van der Waals surface area contributed by atoms with Gasteiger partial charge in [0.1, 0.15) is 0 Å². The first-order valence-electron chi connectivity index (χ1n) is 8.17. The zero-order valence-electron chi connectivity index (χ0n) is 14.3. The highest BCUT2D eigenvalue weighted by Crippen LogP contribution is 2.19. The van der Waals surface area contributed by atoms with Gasteiger partial charge in [0.15, 0.2) is 0 Å². The molecule has 1 saturated heterocycles. The van der Waals surface area contributed by atoms with E-state index in [0.717, 1.165) is 5.56 Å². The summed E-state index contributed by atoms with van der Waals surface area (Å²) >= 11 is 0. The second-order valence-electron chi connectivity index (χ2n) is 6.20. The molecule has 134 valence electrons. The number of hydrogen-bond donors (Lipinski definition) is 0. The maximum Gasteiger partial charge on any atom is 0.292 e. The highest BCUT2D eigenvalue weighted by molar-refractivity contribution is 7.89. The van der Waals surface area contributed by atoms with Gasteiger partial charge in [0, 0.05) is 32.2 Å². The van der Waals surface area contributed by atoms with Gasteiger partial charge in [-0.1, -0.05) is 22.9 Å². The molecule has 0 unspecified atom stereocenters. The van der Waals surface area contributed by atoms with Crippen LogP contribution in [0.1, 0.15) is 28.2 Å². The van der Waals surface area contributed by atoms with Gasteiger partial charge in [-0.25, -0.2) is 8.42 Å². The van der Waals surface area contributed by atoms with Crippen LogP contribution in [0.4, 0.5) is 0 Å². The molecule has 0 radical (unpaired) electrons. The summed E-state index contributed by atoms with van der Waals surface area (Å²) in [5.41, 5.74) is 1.65. The monoisotopic (exact) mass is 363 g/mol. The molecule has 7 nitrogen and oxygen atoms in total. The largest absolute Gasteiger partial charge is 0.351 e. The van der Waals surface area contributed by atoms with Crippen molar-refractivity contribution in [1.29, 1.82) is 0 Å². The van der Waals surface area contributed by atoms with Crippen LogP contribution in [0.15, 0.2) is 39.8 Å². The predicted molar refractivity (Wildman–Crippen MR) is 91.7 cm³/mol. The number of carbonyl (C=O) groups excluding carboxylic acids is 1. The lowest BCUT2D eigenvalue weighted by Crippen LogP contribution is -2.37. The van der Waals surface area contributed by atoms with Crippen molar-refractivity contribution in [2.45, 2.75) is 25.2 Å². The molecule has 0 bridgehead atoms. The van der Waals surface area contributed by atoms with E-state index in [-0.39, 0.29) is 23.1 Å². The van der Waals surface area contributed by atoms with E-state index in [0.29, 0.717) is 31.7 Å². The van der Waals surface area contributed by atoms with E-state index in [9.17, 15) is 13.2 Å². The van der Waals surface area contributed by atoms with Crippen molar-refractivity contribution in [3.63, 3.8) is 0 Å². The van der Waals surface area contributed by atoms with E-state index in [1.807, 2.05) is 6.92 Å². The topological polar surface area (TPSA) is 83.7 Å². The molecule has 8 heteroatoms. The van der Waals surface area contributed by atoms with Crippen molar-refractivity contribution >= 4 is 15.9 Å². The smallest absolute Gasteiger partial charge is 0.292 e. The third kappa shape index (κ3) is 3.74. The molecule has 2 aromatic rings. The highest BCUT2D eigenvalue weighted by Gasteiger charge is 2.29. The SMILES string of the molecule is Cc1ccc(S(=O)(=O)N2CCCN(C(=O)c3cc(C)no3)CC2)cc1. The average molecular weight is 363 g/mol. The van der Waals surface area contributed by atoms with Gasteiger partial charge in [0.2, 0.25) is 15.8 Å². The fourth-order valence-corrected chi connectivity index (χ4v) is 4.29. The number of amides is 1. The first-order valence-corrected chi connectivity index (χ1v) is 9.61. The Morgan fingerprint density at radius 2 is 1.80 bits per heavy atom. The van der Waals surface area contributed by atoms with Crippen LogP contribution in [0.25, 0.3) is 0 Å². The van der Waals surface area contributed by atoms with Crippen molar-refractivity contribution < 1.29 is 17.7 Å². The zero-order valence-corrected chi connectivity index (χ0v) is 15.1. The maximum absolute atomic E-state index is 12.8. The molecule has 1 aromatic carbocycles. The van der Waals surface area contributed by atoms with Crippen LogP contribution in [-0.4, -0.2) is 54.9 Å². The molecule has 1 fully saturated rings. The molecule has 0 N–H and O–H groups in total. The normalized spacial score (nSPS) is 16.6. The average Bonchev–Trinajstić information content (AvgIpc) is 2.86. The zero-order chi connectivity index (χ0) is 18.0. The fourth-order valence-electron chi connectivity index (χ4n) is 2.82. The Bertz CT molecular complexity index is 858. The Balaban J connectivity index is 1.73. The number of aryl methyl sites for hydroxylation is 2. The molecule has 1 amide bonds. The van der Waals surface area contributed by atoms with Gasteiger partial charge in [-0.3, -0.25) is 4.79 Å². The molecule has 1 aliphatic heterocycles. The molecular weight excluding hydrogens is 342 g/mol. The molecule has 1 aromatic heterocycles. The summed E-state index contributed by atoms with van der Waals surface area (Å²) in [6.07, 6.45) is 0.573. The summed E-state index contributed by atoms with van der Waals surface area (Å²) in [5, 5.41) is 3.73. The van der Waals surface area contributed by atoms with Crippen LogP contribution < -0.4 is 0 Å². The van der Waals surface area contributed by atoms with E-state index < -0.39 is 10.0 Å². The molecule has 2 heterocycles. The minimum Gasteiger partial charge on any atom is -0.351 e. The van der Waals surface area contributed by atoms with Crippen molar-refractivity contribution in [3.05, 3.63) is 47.3 Å². The second-order valence-corrected chi connectivity index (χ2v) is 8.13. The van der Waals surface area contributed by atoms with Crippen LogP contribution in [0, 0.1) is 13.8 Å². The molecule has 0 atom stereocenters. The number of aromatic nitrogens is 1. The fraction of sp³-hybridized carbons (Fsp3) is 0.412. The van der Waals surface area contributed by atoms with Crippen LogP contribution in [0.3, 0.4) is 0 Å². The lowest BCUT2D eigenvalue weighted by atomic mass is 10.2. The van der Waals surface area contributed by atoms with E-state index in [4.69, 9.17) is 4.52 Å². The maximum atomic E-state index is 12.8. The summed E-state index contributed by atoms with van der Waals surface area (Å²) in [7, 11) is -3.55. The minimum atomic E-state index is -3.55. The Morgan fingerprint density at radius 3 is 2.44 bits per heavy atom. The molecule has 25 heavy (non-hydrogen) atoms. The van der Waals surface area contributed by atoms with Crippen molar-refractivity contribution in [3.8, 4) is 0 Å². The van der Waals surface area contributed by atoms with Gasteiger partial charge in [-0.2, -0.15) is 4.31 Å². The Hall–Kier alpha value is -2.19. The van der Waals surface area contributed by atoms with Gasteiger partial charge in [-0.05, 0) is 32.4 Å². The lowest BCUT2D eigenvalue weighted by molar-refractivity contribution is 0.0722. The van der Waals surface area contributed by atoms with Crippen molar-refractivity contribution in [2.75, 3.05) is 26.2 Å². The Morgan fingerprint density at radius 1 is 1.08 bits per heavy atom. The Kier molecular flexibility index (Phi) is 4.91. The van der Waals surface area contributed by atoms with Crippen LogP contribution in [0.2, 0.25) is 0 Å². The van der Waals surface area contributed by atoms with E-state index in [1.165, 1.54) is 4.31 Å². The Labute approximate surface area is 147 Å². The number of hydrogen-bond acceptors (Lipinski definition) is 5. The molecule has 0 saturated carbocycles. The van der Waals surface area contributed by atoms with Gasteiger partial charge in [0.05, 0.1) is 10.6 Å². The highest BCUT2D eigenvalue weighted by atomic mass is 32.2. The summed E-state index contributed by atoms with van der Waals surface area (Å²) in [6.45, 7) is 5.11. The number of rotatable bonds is 3. The lowest BCUT2D eigenvalue weighted by Gasteiger charge is -2.21. The summed E-state index contributed by atoms with van der Waals surface area (Å²) in [4.78, 5) is 14.4.